The second-order valence-corrected chi connectivity index (χ2v) is 11.7. The molecule has 7 nitrogen and oxygen atoms in total. The molecule has 35 heavy (non-hydrogen) atoms. The molecule has 5 aliphatic rings. The number of fused-ring (bicyclic) bond motifs is 1. The molecule has 0 radical (unpaired) electrons. The summed E-state index contributed by atoms with van der Waals surface area (Å²) in [7, 11) is 0. The number of H-pyrrole nitrogens is 1. The third kappa shape index (κ3) is 3.88. The quantitative estimate of drug-likeness (QED) is 0.425. The van der Waals surface area contributed by atoms with E-state index in [1.807, 2.05) is 0 Å². The van der Waals surface area contributed by atoms with E-state index in [4.69, 9.17) is 14.1 Å². The number of carbonyl (C=O) groups is 1. The van der Waals surface area contributed by atoms with E-state index in [1.54, 1.807) is 12.1 Å². The average molecular weight is 476 g/mol. The van der Waals surface area contributed by atoms with Gasteiger partial charge in [0.05, 0.1) is 23.5 Å². The molecule has 0 atom stereocenters. The Labute approximate surface area is 204 Å². The van der Waals surface area contributed by atoms with Gasteiger partial charge in [0.15, 0.2) is 5.58 Å². The van der Waals surface area contributed by atoms with Crippen molar-refractivity contribution in [2.75, 3.05) is 0 Å². The minimum Gasteiger partial charge on any atom is -0.478 e. The van der Waals surface area contributed by atoms with Crippen LogP contribution in [0.5, 0.6) is 0 Å². The first-order chi connectivity index (χ1) is 17.0. The first kappa shape index (κ1) is 21.6. The highest BCUT2D eigenvalue weighted by Crippen LogP contribution is 2.57. The summed E-state index contributed by atoms with van der Waals surface area (Å²) in [5, 5.41) is 9.35. The second kappa shape index (κ2) is 8.19. The lowest BCUT2D eigenvalue weighted by atomic mass is 9.54. The highest BCUT2D eigenvalue weighted by atomic mass is 16.5. The Kier molecular flexibility index (Phi) is 5.05. The molecule has 1 aromatic carbocycles. The van der Waals surface area contributed by atoms with Crippen LogP contribution in [0, 0.1) is 17.8 Å². The standard InChI is InChI=1S/C28H33N3O4/c32-27(33)20-6-7-21-23(11-20)35-26(30-21)24-22(29-25(31-24)19-4-2-1-3-5-19)15-34-28-12-16-8-17(13-28)10-18(9-16)14-28/h6-7,11,16-19H,1-5,8-10,12-15H2,(H,29,31)(H,32,33). The van der Waals surface area contributed by atoms with Crippen molar-refractivity contribution < 1.29 is 19.1 Å². The number of rotatable bonds is 6. The van der Waals surface area contributed by atoms with Gasteiger partial charge in [0.25, 0.3) is 0 Å². The highest BCUT2D eigenvalue weighted by molar-refractivity contribution is 5.92. The molecule has 5 aliphatic carbocycles. The number of oxazole rings is 1. The van der Waals surface area contributed by atoms with Gasteiger partial charge in [0.1, 0.15) is 17.0 Å². The summed E-state index contributed by atoms with van der Waals surface area (Å²) in [6.45, 7) is 0.486. The van der Waals surface area contributed by atoms with Crippen molar-refractivity contribution in [3.8, 4) is 11.6 Å². The van der Waals surface area contributed by atoms with Crippen LogP contribution in [0.4, 0.5) is 0 Å². The molecule has 2 N–H and O–H groups in total. The van der Waals surface area contributed by atoms with Crippen LogP contribution in [0.3, 0.4) is 0 Å². The van der Waals surface area contributed by atoms with Crippen molar-refractivity contribution in [1.29, 1.82) is 0 Å². The van der Waals surface area contributed by atoms with E-state index in [2.05, 4.69) is 9.97 Å². The highest BCUT2D eigenvalue weighted by Gasteiger charge is 2.51. The number of benzene rings is 1. The predicted molar refractivity (Wildman–Crippen MR) is 130 cm³/mol. The van der Waals surface area contributed by atoms with Gasteiger partial charge in [0.2, 0.25) is 5.89 Å². The first-order valence-electron chi connectivity index (χ1n) is 13.4. The monoisotopic (exact) mass is 475 g/mol. The van der Waals surface area contributed by atoms with Gasteiger partial charge in [-0.05, 0) is 87.3 Å². The topological polar surface area (TPSA) is 101 Å². The van der Waals surface area contributed by atoms with Crippen LogP contribution in [0.25, 0.3) is 22.7 Å². The van der Waals surface area contributed by atoms with Crippen molar-refractivity contribution >= 4 is 17.1 Å². The molecule has 2 aromatic heterocycles. The van der Waals surface area contributed by atoms with Gasteiger partial charge in [0, 0.05) is 5.92 Å². The number of carboxylic acid groups (broad SMARTS) is 1. The lowest BCUT2D eigenvalue weighted by Crippen LogP contribution is -2.51. The molecule has 5 saturated carbocycles. The van der Waals surface area contributed by atoms with Crippen molar-refractivity contribution in [3.05, 3.63) is 35.3 Å². The summed E-state index contributed by atoms with van der Waals surface area (Å²) in [5.41, 5.74) is 2.96. The third-order valence-electron chi connectivity index (χ3n) is 9.13. The lowest BCUT2D eigenvalue weighted by Gasteiger charge is -2.56. The Bertz CT molecular complexity index is 1230. The van der Waals surface area contributed by atoms with E-state index in [-0.39, 0.29) is 11.2 Å². The van der Waals surface area contributed by atoms with E-state index in [9.17, 15) is 9.90 Å². The molecule has 3 aromatic rings. The molecule has 0 aliphatic heterocycles. The molecule has 4 bridgehead atoms. The number of ether oxygens (including phenoxy) is 1. The molecule has 8 rings (SSSR count). The maximum absolute atomic E-state index is 11.4. The summed E-state index contributed by atoms with van der Waals surface area (Å²) in [6.07, 6.45) is 13.8. The largest absolute Gasteiger partial charge is 0.478 e. The number of imidazole rings is 1. The summed E-state index contributed by atoms with van der Waals surface area (Å²) >= 11 is 0. The van der Waals surface area contributed by atoms with Gasteiger partial charge >= 0.3 is 5.97 Å². The van der Waals surface area contributed by atoms with Crippen molar-refractivity contribution in [3.63, 3.8) is 0 Å². The fourth-order valence-corrected chi connectivity index (χ4v) is 7.87. The minimum atomic E-state index is -0.978. The van der Waals surface area contributed by atoms with E-state index >= 15 is 0 Å². The molecule has 2 heterocycles. The maximum Gasteiger partial charge on any atom is 0.335 e. The van der Waals surface area contributed by atoms with Gasteiger partial charge in [-0.15, -0.1) is 0 Å². The molecule has 0 saturated heterocycles. The number of hydrogen-bond donors (Lipinski definition) is 2. The van der Waals surface area contributed by atoms with Crippen LogP contribution in [-0.2, 0) is 11.3 Å². The van der Waals surface area contributed by atoms with Crippen molar-refractivity contribution in [1.82, 2.24) is 15.0 Å². The van der Waals surface area contributed by atoms with Crippen LogP contribution < -0.4 is 0 Å². The van der Waals surface area contributed by atoms with Crippen molar-refractivity contribution in [2.24, 2.45) is 17.8 Å². The number of aromatic carboxylic acids is 1. The molecule has 0 amide bonds. The number of nitrogens with one attached hydrogen (secondary N) is 1. The first-order valence-corrected chi connectivity index (χ1v) is 13.4. The lowest BCUT2D eigenvalue weighted by molar-refractivity contribution is -0.169. The van der Waals surface area contributed by atoms with Crippen LogP contribution in [0.1, 0.15) is 98.4 Å². The second-order valence-electron chi connectivity index (χ2n) is 11.7. The molecule has 0 spiro atoms. The summed E-state index contributed by atoms with van der Waals surface area (Å²) < 4.78 is 12.9. The Hall–Kier alpha value is -2.67. The summed E-state index contributed by atoms with van der Waals surface area (Å²) in [4.78, 5) is 24.7. The van der Waals surface area contributed by atoms with Crippen LogP contribution in [0.2, 0.25) is 0 Å². The van der Waals surface area contributed by atoms with Crippen LogP contribution in [-0.4, -0.2) is 31.6 Å². The molecule has 5 fully saturated rings. The van der Waals surface area contributed by atoms with Gasteiger partial charge in [-0.25, -0.2) is 14.8 Å². The zero-order chi connectivity index (χ0) is 23.6. The number of carboxylic acids is 1. The fourth-order valence-electron chi connectivity index (χ4n) is 7.87. The summed E-state index contributed by atoms with van der Waals surface area (Å²) in [5.74, 6) is 3.40. The average Bonchev–Trinajstić information content (AvgIpc) is 3.46. The van der Waals surface area contributed by atoms with E-state index < -0.39 is 5.97 Å². The zero-order valence-electron chi connectivity index (χ0n) is 20.1. The number of nitrogens with zero attached hydrogens (tertiary/aromatic N) is 2. The van der Waals surface area contributed by atoms with E-state index in [0.717, 1.165) is 42.1 Å². The molecular formula is C28H33N3O4. The number of aromatic amines is 1. The Morgan fingerprint density at radius 2 is 1.77 bits per heavy atom. The number of aromatic nitrogens is 3. The number of hydrogen-bond acceptors (Lipinski definition) is 5. The van der Waals surface area contributed by atoms with Gasteiger partial charge < -0.3 is 19.2 Å². The smallest absolute Gasteiger partial charge is 0.335 e. The Balaban J connectivity index is 1.22. The summed E-state index contributed by atoms with van der Waals surface area (Å²) in [6, 6.07) is 4.80. The van der Waals surface area contributed by atoms with Crippen molar-refractivity contribution in [2.45, 2.75) is 88.8 Å². The maximum atomic E-state index is 11.4. The van der Waals surface area contributed by atoms with E-state index in [0.29, 0.717) is 35.2 Å². The van der Waals surface area contributed by atoms with Gasteiger partial charge in [-0.1, -0.05) is 19.3 Å². The molecule has 0 unspecified atom stereocenters. The Morgan fingerprint density at radius 1 is 1.06 bits per heavy atom. The Morgan fingerprint density at radius 3 is 2.46 bits per heavy atom. The van der Waals surface area contributed by atoms with E-state index in [1.165, 1.54) is 63.9 Å². The SMILES string of the molecule is O=C(O)c1ccc2nc(-c3nc(C4CCCCC4)[nH]c3COC34CC5CC(CC(C5)C3)C4)oc2c1. The fraction of sp³-hybridized carbons (Fsp3) is 0.607. The third-order valence-corrected chi connectivity index (χ3v) is 9.13. The van der Waals surface area contributed by atoms with Gasteiger partial charge in [-0.3, -0.25) is 0 Å². The van der Waals surface area contributed by atoms with Gasteiger partial charge in [-0.2, -0.15) is 0 Å². The van der Waals surface area contributed by atoms with Crippen LogP contribution in [0.15, 0.2) is 22.6 Å². The normalized spacial score (nSPS) is 30.3. The zero-order valence-corrected chi connectivity index (χ0v) is 20.1. The predicted octanol–water partition coefficient (Wildman–Crippen LogP) is 6.45. The molecule has 7 heteroatoms. The molecular weight excluding hydrogens is 442 g/mol. The molecule has 184 valence electrons. The minimum absolute atomic E-state index is 0.0137. The van der Waals surface area contributed by atoms with Crippen LogP contribution >= 0.6 is 0 Å².